The van der Waals surface area contributed by atoms with Gasteiger partial charge in [-0.3, -0.25) is 4.99 Å². The minimum Gasteiger partial charge on any atom is -0.377 e. The molecule has 60 valence electrons. The summed E-state index contributed by atoms with van der Waals surface area (Å²) in [5.74, 6) is 2.70. The van der Waals surface area contributed by atoms with Gasteiger partial charge in [0.15, 0.2) is 5.84 Å². The van der Waals surface area contributed by atoms with Crippen molar-refractivity contribution < 1.29 is 0 Å². The highest BCUT2D eigenvalue weighted by atomic mass is 14.9. The fourth-order valence-electron chi connectivity index (χ4n) is 1.44. The van der Waals surface area contributed by atoms with Gasteiger partial charge in [-0.15, -0.1) is 6.42 Å². The fraction of sp³-hybridized carbons (Fsp3) is 0.667. The number of hydrogen-bond donors (Lipinski definition) is 1. The molecule has 0 bridgehead atoms. The second-order valence-electron chi connectivity index (χ2n) is 2.95. The summed E-state index contributed by atoms with van der Waals surface area (Å²) in [6.45, 7) is 0. The van der Waals surface area contributed by atoms with Gasteiger partial charge in [0.2, 0.25) is 0 Å². The molecular formula is C9H14N2. The smallest absolute Gasteiger partial charge is 0.171 e. The number of hydrogen-bond acceptors (Lipinski definition) is 1. The van der Waals surface area contributed by atoms with Crippen LogP contribution in [0.4, 0.5) is 0 Å². The van der Waals surface area contributed by atoms with Crippen LogP contribution in [-0.2, 0) is 0 Å². The van der Waals surface area contributed by atoms with E-state index in [1.807, 2.05) is 0 Å². The molecular weight excluding hydrogens is 136 g/mol. The molecule has 0 aromatic rings. The zero-order valence-electron chi connectivity index (χ0n) is 6.71. The molecule has 0 saturated heterocycles. The number of nitrogens with two attached hydrogens (primary N) is 1. The Morgan fingerprint density at radius 1 is 1.36 bits per heavy atom. The van der Waals surface area contributed by atoms with Crippen molar-refractivity contribution in [1.29, 1.82) is 0 Å². The first-order valence-corrected chi connectivity index (χ1v) is 4.13. The molecule has 0 atom stereocenters. The highest BCUT2D eigenvalue weighted by Gasteiger charge is 2.11. The summed E-state index contributed by atoms with van der Waals surface area (Å²) in [5.41, 5.74) is 5.42. The van der Waals surface area contributed by atoms with Crippen molar-refractivity contribution in [3.8, 4) is 12.3 Å². The molecule has 1 saturated carbocycles. The third-order valence-electron chi connectivity index (χ3n) is 2.04. The van der Waals surface area contributed by atoms with Crippen LogP contribution in [0.25, 0.3) is 0 Å². The van der Waals surface area contributed by atoms with Crippen LogP contribution in [0.2, 0.25) is 0 Å². The van der Waals surface area contributed by atoms with Crippen LogP contribution in [0.1, 0.15) is 32.1 Å². The molecule has 0 aromatic heterocycles. The van der Waals surface area contributed by atoms with Crippen LogP contribution in [0, 0.1) is 12.3 Å². The number of rotatable bonds is 1. The van der Waals surface area contributed by atoms with Crippen molar-refractivity contribution in [2.75, 3.05) is 0 Å². The SMILES string of the molecule is C#CC(N)=NC1CCCCC1. The van der Waals surface area contributed by atoms with E-state index in [2.05, 4.69) is 10.9 Å². The van der Waals surface area contributed by atoms with Crippen molar-refractivity contribution in [2.45, 2.75) is 38.1 Å². The van der Waals surface area contributed by atoms with Gasteiger partial charge in [-0.05, 0) is 18.8 Å². The Hall–Kier alpha value is -0.970. The van der Waals surface area contributed by atoms with E-state index in [-0.39, 0.29) is 0 Å². The molecule has 0 amide bonds. The van der Waals surface area contributed by atoms with Gasteiger partial charge in [-0.2, -0.15) is 0 Å². The maximum Gasteiger partial charge on any atom is 0.171 e. The summed E-state index contributed by atoms with van der Waals surface area (Å²) in [6.07, 6.45) is 11.3. The van der Waals surface area contributed by atoms with Gasteiger partial charge in [0.1, 0.15) is 0 Å². The minimum atomic E-state index is 0.358. The number of amidine groups is 1. The third-order valence-corrected chi connectivity index (χ3v) is 2.04. The lowest BCUT2D eigenvalue weighted by molar-refractivity contribution is 0.443. The van der Waals surface area contributed by atoms with E-state index in [9.17, 15) is 0 Å². The molecule has 0 unspecified atom stereocenters. The van der Waals surface area contributed by atoms with Crippen LogP contribution in [0.15, 0.2) is 4.99 Å². The Labute approximate surface area is 67.9 Å². The van der Waals surface area contributed by atoms with E-state index in [1.165, 1.54) is 19.3 Å². The largest absolute Gasteiger partial charge is 0.377 e. The Morgan fingerprint density at radius 2 is 2.00 bits per heavy atom. The summed E-state index contributed by atoms with van der Waals surface area (Å²) < 4.78 is 0. The van der Waals surface area contributed by atoms with E-state index in [4.69, 9.17) is 12.2 Å². The quantitative estimate of drug-likeness (QED) is 0.341. The zero-order chi connectivity index (χ0) is 8.10. The molecule has 0 aliphatic heterocycles. The van der Waals surface area contributed by atoms with Crippen LogP contribution >= 0.6 is 0 Å². The summed E-state index contributed by atoms with van der Waals surface area (Å²) >= 11 is 0. The van der Waals surface area contributed by atoms with E-state index in [0.29, 0.717) is 11.9 Å². The molecule has 0 heterocycles. The summed E-state index contributed by atoms with van der Waals surface area (Å²) in [7, 11) is 0. The topological polar surface area (TPSA) is 38.4 Å². The van der Waals surface area contributed by atoms with E-state index < -0.39 is 0 Å². The van der Waals surface area contributed by atoms with Gasteiger partial charge >= 0.3 is 0 Å². The average Bonchev–Trinajstić information content (AvgIpc) is 2.06. The normalized spacial score (nSPS) is 21.2. The van der Waals surface area contributed by atoms with Gasteiger partial charge in [0.05, 0.1) is 6.04 Å². The fourth-order valence-corrected chi connectivity index (χ4v) is 1.44. The van der Waals surface area contributed by atoms with Crippen LogP contribution in [0.5, 0.6) is 0 Å². The molecule has 0 spiro atoms. The summed E-state index contributed by atoms with van der Waals surface area (Å²) in [4.78, 5) is 4.21. The highest BCUT2D eigenvalue weighted by Crippen LogP contribution is 2.19. The Kier molecular flexibility index (Phi) is 2.97. The monoisotopic (exact) mass is 150 g/mol. The predicted octanol–water partition coefficient (Wildman–Crippen LogP) is 1.31. The summed E-state index contributed by atoms with van der Waals surface area (Å²) in [6, 6.07) is 0.403. The predicted molar refractivity (Wildman–Crippen MR) is 47.3 cm³/mol. The van der Waals surface area contributed by atoms with Crippen molar-refractivity contribution in [3.05, 3.63) is 0 Å². The Morgan fingerprint density at radius 3 is 2.55 bits per heavy atom. The first kappa shape index (κ1) is 8.13. The molecule has 2 heteroatoms. The molecule has 0 aromatic carbocycles. The number of aliphatic imine (C=N–C) groups is 1. The van der Waals surface area contributed by atoms with Gasteiger partial charge in [0.25, 0.3) is 0 Å². The molecule has 2 N–H and O–H groups in total. The molecule has 1 aliphatic carbocycles. The van der Waals surface area contributed by atoms with Crippen LogP contribution in [0.3, 0.4) is 0 Å². The second-order valence-corrected chi connectivity index (χ2v) is 2.95. The second kappa shape index (κ2) is 4.02. The molecule has 0 radical (unpaired) electrons. The Balaban J connectivity index is 2.42. The van der Waals surface area contributed by atoms with E-state index in [1.54, 1.807) is 0 Å². The van der Waals surface area contributed by atoms with Crippen molar-refractivity contribution >= 4 is 5.84 Å². The molecule has 1 rings (SSSR count). The zero-order valence-corrected chi connectivity index (χ0v) is 6.71. The highest BCUT2D eigenvalue weighted by molar-refractivity contribution is 5.96. The van der Waals surface area contributed by atoms with E-state index >= 15 is 0 Å². The van der Waals surface area contributed by atoms with Gasteiger partial charge in [-0.1, -0.05) is 19.3 Å². The third kappa shape index (κ3) is 2.63. The van der Waals surface area contributed by atoms with Gasteiger partial charge in [0, 0.05) is 0 Å². The molecule has 1 fully saturated rings. The maximum absolute atomic E-state index is 5.42. The van der Waals surface area contributed by atoms with Crippen molar-refractivity contribution in [1.82, 2.24) is 0 Å². The lowest BCUT2D eigenvalue weighted by Gasteiger charge is -2.17. The van der Waals surface area contributed by atoms with Crippen LogP contribution in [-0.4, -0.2) is 11.9 Å². The first-order chi connectivity index (χ1) is 5.33. The first-order valence-electron chi connectivity index (χ1n) is 4.13. The van der Waals surface area contributed by atoms with E-state index in [0.717, 1.165) is 12.8 Å². The standard InChI is InChI=1S/C9H14N2/c1-2-9(10)11-8-6-4-3-5-7-8/h1,8H,3-7H2,(H2,10,11). The van der Waals surface area contributed by atoms with Gasteiger partial charge < -0.3 is 5.73 Å². The molecule has 1 aliphatic rings. The lowest BCUT2D eigenvalue weighted by atomic mass is 9.96. The lowest BCUT2D eigenvalue weighted by Crippen LogP contribution is -2.16. The summed E-state index contributed by atoms with van der Waals surface area (Å²) in [5, 5.41) is 0. The van der Waals surface area contributed by atoms with Crippen molar-refractivity contribution in [2.24, 2.45) is 10.7 Å². The molecule has 2 nitrogen and oxygen atoms in total. The Bertz CT molecular complexity index is 182. The number of terminal acetylenes is 1. The van der Waals surface area contributed by atoms with Crippen molar-refractivity contribution in [3.63, 3.8) is 0 Å². The molecule has 11 heavy (non-hydrogen) atoms. The maximum atomic E-state index is 5.42. The van der Waals surface area contributed by atoms with Gasteiger partial charge in [-0.25, -0.2) is 0 Å². The van der Waals surface area contributed by atoms with Crippen LogP contribution < -0.4 is 5.73 Å². The minimum absolute atomic E-state index is 0.358. The average molecular weight is 150 g/mol. The number of nitrogens with zero attached hydrogens (tertiary/aromatic N) is 1.